The summed E-state index contributed by atoms with van der Waals surface area (Å²) < 4.78 is 0.984. The van der Waals surface area contributed by atoms with Crippen LogP contribution < -0.4 is 5.32 Å². The van der Waals surface area contributed by atoms with E-state index in [1.54, 1.807) is 6.20 Å². The predicted octanol–water partition coefficient (Wildman–Crippen LogP) is 3.95. The normalized spacial score (nSPS) is 10.8. The standard InChI is InChI=1S/C13H10BrN3OS/c1-7-5-10(19-12(7)14)13(18)16-9-4-2-3-8-6-15-17-11(8)9/h2-6H,1H3,(H,15,17)(H,16,18). The third-order valence-electron chi connectivity index (χ3n) is 2.81. The first-order valence-electron chi connectivity index (χ1n) is 5.64. The maximum Gasteiger partial charge on any atom is 0.265 e. The predicted molar refractivity (Wildman–Crippen MR) is 80.8 cm³/mol. The molecule has 19 heavy (non-hydrogen) atoms. The number of hydrogen-bond acceptors (Lipinski definition) is 3. The van der Waals surface area contributed by atoms with Gasteiger partial charge in [0.1, 0.15) is 0 Å². The first kappa shape index (κ1) is 12.4. The van der Waals surface area contributed by atoms with E-state index >= 15 is 0 Å². The SMILES string of the molecule is Cc1cc(C(=O)Nc2cccc3cn[nH]c23)sc1Br. The number of benzene rings is 1. The van der Waals surface area contributed by atoms with Crippen LogP contribution in [0.3, 0.4) is 0 Å². The summed E-state index contributed by atoms with van der Waals surface area (Å²) in [5, 5.41) is 10.8. The lowest BCUT2D eigenvalue weighted by Gasteiger charge is -2.04. The molecule has 0 aliphatic rings. The summed E-state index contributed by atoms with van der Waals surface area (Å²) in [6.45, 7) is 1.97. The lowest BCUT2D eigenvalue weighted by molar-refractivity contribution is 0.103. The van der Waals surface area contributed by atoms with Gasteiger partial charge in [0.2, 0.25) is 0 Å². The number of nitrogens with one attached hydrogen (secondary N) is 2. The van der Waals surface area contributed by atoms with Crippen molar-refractivity contribution in [1.82, 2.24) is 10.2 Å². The van der Waals surface area contributed by atoms with Crippen molar-refractivity contribution in [3.8, 4) is 0 Å². The number of para-hydroxylation sites is 1. The van der Waals surface area contributed by atoms with Gasteiger partial charge in [-0.2, -0.15) is 5.10 Å². The van der Waals surface area contributed by atoms with Gasteiger partial charge < -0.3 is 5.32 Å². The van der Waals surface area contributed by atoms with Crippen LogP contribution in [-0.2, 0) is 0 Å². The fourth-order valence-corrected chi connectivity index (χ4v) is 3.26. The van der Waals surface area contributed by atoms with E-state index in [1.807, 2.05) is 31.2 Å². The molecule has 4 nitrogen and oxygen atoms in total. The summed E-state index contributed by atoms with van der Waals surface area (Å²) in [7, 11) is 0. The molecule has 0 unspecified atom stereocenters. The van der Waals surface area contributed by atoms with Gasteiger partial charge in [0.15, 0.2) is 0 Å². The Bertz CT molecular complexity index is 743. The van der Waals surface area contributed by atoms with Crippen molar-refractivity contribution < 1.29 is 4.79 Å². The minimum atomic E-state index is -0.110. The van der Waals surface area contributed by atoms with Crippen molar-refractivity contribution in [2.24, 2.45) is 0 Å². The molecule has 0 fully saturated rings. The number of carbonyl (C=O) groups excluding carboxylic acids is 1. The lowest BCUT2D eigenvalue weighted by atomic mass is 10.2. The Morgan fingerprint density at radius 3 is 3.05 bits per heavy atom. The van der Waals surface area contributed by atoms with E-state index in [2.05, 4.69) is 31.4 Å². The van der Waals surface area contributed by atoms with E-state index in [0.29, 0.717) is 4.88 Å². The minimum Gasteiger partial charge on any atom is -0.319 e. The summed E-state index contributed by atoms with van der Waals surface area (Å²) in [5.41, 5.74) is 2.64. The van der Waals surface area contributed by atoms with E-state index < -0.39 is 0 Å². The largest absolute Gasteiger partial charge is 0.319 e. The number of nitrogens with zero attached hydrogens (tertiary/aromatic N) is 1. The quantitative estimate of drug-likeness (QED) is 0.744. The molecule has 0 spiro atoms. The molecule has 0 aliphatic heterocycles. The molecule has 1 amide bonds. The van der Waals surface area contributed by atoms with Gasteiger partial charge in [-0.1, -0.05) is 12.1 Å². The number of H-pyrrole nitrogens is 1. The van der Waals surface area contributed by atoms with E-state index in [9.17, 15) is 4.79 Å². The van der Waals surface area contributed by atoms with Crippen molar-refractivity contribution in [1.29, 1.82) is 0 Å². The number of hydrogen-bond donors (Lipinski definition) is 2. The Labute approximate surface area is 122 Å². The Kier molecular flexibility index (Phi) is 3.12. The first-order valence-corrected chi connectivity index (χ1v) is 7.25. The zero-order chi connectivity index (χ0) is 13.4. The van der Waals surface area contributed by atoms with E-state index in [-0.39, 0.29) is 5.91 Å². The number of fused-ring (bicyclic) bond motifs is 1. The van der Waals surface area contributed by atoms with Crippen molar-refractivity contribution in [3.05, 3.63) is 44.7 Å². The molecule has 2 aromatic heterocycles. The molecule has 0 bridgehead atoms. The van der Waals surface area contributed by atoms with E-state index in [0.717, 1.165) is 25.9 Å². The molecular formula is C13H10BrN3OS. The van der Waals surface area contributed by atoms with E-state index in [4.69, 9.17) is 0 Å². The number of carbonyl (C=O) groups is 1. The number of rotatable bonds is 2. The van der Waals surface area contributed by atoms with Crippen LogP contribution >= 0.6 is 27.3 Å². The molecule has 0 saturated heterocycles. The maximum atomic E-state index is 12.2. The second-order valence-electron chi connectivity index (χ2n) is 4.16. The maximum absolute atomic E-state index is 12.2. The van der Waals surface area contributed by atoms with Crippen LogP contribution in [0, 0.1) is 6.92 Å². The van der Waals surface area contributed by atoms with Crippen LogP contribution in [0.5, 0.6) is 0 Å². The second kappa shape index (κ2) is 4.79. The van der Waals surface area contributed by atoms with Crippen LogP contribution in [-0.4, -0.2) is 16.1 Å². The number of aryl methyl sites for hydroxylation is 1. The molecule has 0 radical (unpaired) electrons. The monoisotopic (exact) mass is 335 g/mol. The third-order valence-corrected chi connectivity index (χ3v) is 4.94. The smallest absolute Gasteiger partial charge is 0.265 e. The first-order chi connectivity index (χ1) is 9.15. The molecule has 6 heteroatoms. The molecule has 0 saturated carbocycles. The fourth-order valence-electron chi connectivity index (χ4n) is 1.83. The number of amides is 1. The van der Waals surface area contributed by atoms with Gasteiger partial charge in [0.25, 0.3) is 5.91 Å². The highest BCUT2D eigenvalue weighted by Gasteiger charge is 2.13. The van der Waals surface area contributed by atoms with Crippen molar-refractivity contribution in [3.63, 3.8) is 0 Å². The van der Waals surface area contributed by atoms with Crippen molar-refractivity contribution in [2.75, 3.05) is 5.32 Å². The zero-order valence-electron chi connectivity index (χ0n) is 10.0. The lowest BCUT2D eigenvalue weighted by Crippen LogP contribution is -2.10. The molecule has 3 aromatic rings. The van der Waals surface area contributed by atoms with Gasteiger partial charge >= 0.3 is 0 Å². The van der Waals surface area contributed by atoms with Crippen LogP contribution in [0.4, 0.5) is 5.69 Å². The molecular weight excluding hydrogens is 326 g/mol. The van der Waals surface area contributed by atoms with Gasteiger partial charge in [-0.3, -0.25) is 9.89 Å². The summed E-state index contributed by atoms with van der Waals surface area (Å²) in [6, 6.07) is 7.56. The van der Waals surface area contributed by atoms with Crippen LogP contribution in [0.1, 0.15) is 15.2 Å². The highest BCUT2D eigenvalue weighted by Crippen LogP contribution is 2.28. The number of aromatic amines is 1. The summed E-state index contributed by atoms with van der Waals surface area (Å²) in [5.74, 6) is -0.110. The highest BCUT2D eigenvalue weighted by atomic mass is 79.9. The number of anilines is 1. The van der Waals surface area contributed by atoms with Crippen molar-refractivity contribution in [2.45, 2.75) is 6.92 Å². The summed E-state index contributed by atoms with van der Waals surface area (Å²) in [4.78, 5) is 12.9. The molecule has 0 atom stereocenters. The number of aromatic nitrogens is 2. The van der Waals surface area contributed by atoms with Crippen LogP contribution in [0.2, 0.25) is 0 Å². The van der Waals surface area contributed by atoms with Crippen LogP contribution in [0.25, 0.3) is 10.9 Å². The number of thiophene rings is 1. The topological polar surface area (TPSA) is 57.8 Å². The molecule has 2 N–H and O–H groups in total. The molecule has 2 heterocycles. The molecule has 96 valence electrons. The fraction of sp³-hybridized carbons (Fsp3) is 0.0769. The highest BCUT2D eigenvalue weighted by molar-refractivity contribution is 9.11. The van der Waals surface area contributed by atoms with Crippen LogP contribution in [0.15, 0.2) is 34.2 Å². The van der Waals surface area contributed by atoms with Gasteiger partial charge in [0.05, 0.1) is 26.1 Å². The van der Waals surface area contributed by atoms with Gasteiger partial charge in [-0.25, -0.2) is 0 Å². The van der Waals surface area contributed by atoms with Gasteiger partial charge in [-0.15, -0.1) is 11.3 Å². The molecule has 3 rings (SSSR count). The Hall–Kier alpha value is -1.66. The summed E-state index contributed by atoms with van der Waals surface area (Å²) in [6.07, 6.45) is 1.73. The third kappa shape index (κ3) is 2.29. The Morgan fingerprint density at radius 2 is 2.32 bits per heavy atom. The zero-order valence-corrected chi connectivity index (χ0v) is 12.4. The van der Waals surface area contributed by atoms with Gasteiger partial charge in [-0.05, 0) is 40.5 Å². The number of halogens is 1. The minimum absolute atomic E-state index is 0.110. The van der Waals surface area contributed by atoms with E-state index in [1.165, 1.54) is 11.3 Å². The summed E-state index contributed by atoms with van der Waals surface area (Å²) >= 11 is 4.85. The Morgan fingerprint density at radius 1 is 1.47 bits per heavy atom. The molecule has 0 aliphatic carbocycles. The average molecular weight is 336 g/mol. The van der Waals surface area contributed by atoms with Gasteiger partial charge in [0, 0.05) is 5.39 Å². The Balaban J connectivity index is 1.92. The molecule has 1 aromatic carbocycles. The van der Waals surface area contributed by atoms with Crippen molar-refractivity contribution >= 4 is 49.8 Å². The second-order valence-corrected chi connectivity index (χ2v) is 6.53. The average Bonchev–Trinajstić information content (AvgIpc) is 2.98.